The topological polar surface area (TPSA) is 98.2 Å². The number of carboxylic acids is 1. The molecule has 6 heteroatoms. The SMILES string of the molecule is NC(=O)CCn1cc(C(=O)O)cn1. The van der Waals surface area contributed by atoms with Gasteiger partial charge in [-0.2, -0.15) is 5.10 Å². The van der Waals surface area contributed by atoms with Crippen molar-refractivity contribution in [2.45, 2.75) is 13.0 Å². The van der Waals surface area contributed by atoms with Crippen LogP contribution >= 0.6 is 0 Å². The highest BCUT2D eigenvalue weighted by molar-refractivity contribution is 5.86. The number of amides is 1. The fourth-order valence-corrected chi connectivity index (χ4v) is 0.821. The second kappa shape index (κ2) is 3.70. The molecule has 0 atom stereocenters. The van der Waals surface area contributed by atoms with Gasteiger partial charge in [0.05, 0.1) is 11.8 Å². The van der Waals surface area contributed by atoms with Crippen molar-refractivity contribution < 1.29 is 14.7 Å². The number of carbonyl (C=O) groups excluding carboxylic acids is 1. The van der Waals surface area contributed by atoms with Crippen LogP contribution in [0.4, 0.5) is 0 Å². The maximum absolute atomic E-state index is 10.4. The zero-order valence-corrected chi connectivity index (χ0v) is 6.80. The maximum atomic E-state index is 10.4. The highest BCUT2D eigenvalue weighted by atomic mass is 16.4. The molecule has 1 amide bonds. The molecule has 0 aliphatic rings. The first-order valence-corrected chi connectivity index (χ1v) is 3.63. The van der Waals surface area contributed by atoms with Crippen molar-refractivity contribution in [3.63, 3.8) is 0 Å². The van der Waals surface area contributed by atoms with E-state index in [9.17, 15) is 9.59 Å². The molecule has 1 aromatic rings. The summed E-state index contributed by atoms with van der Waals surface area (Å²) < 4.78 is 1.37. The number of nitrogens with zero attached hydrogens (tertiary/aromatic N) is 2. The van der Waals surface area contributed by atoms with Crippen molar-refractivity contribution in [3.05, 3.63) is 18.0 Å². The van der Waals surface area contributed by atoms with Crippen LogP contribution in [0.15, 0.2) is 12.4 Å². The van der Waals surface area contributed by atoms with E-state index in [-0.39, 0.29) is 12.0 Å². The van der Waals surface area contributed by atoms with Gasteiger partial charge < -0.3 is 10.8 Å². The number of primary amides is 1. The van der Waals surface area contributed by atoms with Crippen molar-refractivity contribution in [2.24, 2.45) is 5.73 Å². The van der Waals surface area contributed by atoms with Crippen molar-refractivity contribution in [1.82, 2.24) is 9.78 Å². The fraction of sp³-hybridized carbons (Fsp3) is 0.286. The molecule has 0 aliphatic carbocycles. The second-order valence-electron chi connectivity index (χ2n) is 2.51. The van der Waals surface area contributed by atoms with Gasteiger partial charge in [-0.05, 0) is 0 Å². The Morgan fingerprint density at radius 1 is 1.62 bits per heavy atom. The molecule has 0 bridgehead atoms. The Bertz CT molecular complexity index is 331. The van der Waals surface area contributed by atoms with Crippen LogP contribution in [-0.4, -0.2) is 26.8 Å². The Labute approximate surface area is 74.0 Å². The Hall–Kier alpha value is -1.85. The minimum atomic E-state index is -1.04. The molecule has 1 heterocycles. The lowest BCUT2D eigenvalue weighted by atomic mass is 10.4. The van der Waals surface area contributed by atoms with Gasteiger partial charge in [-0.25, -0.2) is 4.79 Å². The summed E-state index contributed by atoms with van der Waals surface area (Å²) in [5.74, 6) is -1.47. The lowest BCUT2D eigenvalue weighted by Gasteiger charge is -1.96. The zero-order valence-electron chi connectivity index (χ0n) is 6.80. The number of hydrogen-bond donors (Lipinski definition) is 2. The summed E-state index contributed by atoms with van der Waals surface area (Å²) in [6, 6.07) is 0. The maximum Gasteiger partial charge on any atom is 0.338 e. The van der Waals surface area contributed by atoms with Crippen molar-refractivity contribution in [2.75, 3.05) is 0 Å². The van der Waals surface area contributed by atoms with E-state index < -0.39 is 11.9 Å². The van der Waals surface area contributed by atoms with Crippen LogP contribution < -0.4 is 5.73 Å². The highest BCUT2D eigenvalue weighted by Gasteiger charge is 2.05. The van der Waals surface area contributed by atoms with E-state index >= 15 is 0 Å². The Morgan fingerprint density at radius 3 is 2.77 bits per heavy atom. The molecule has 1 aromatic heterocycles. The molecule has 0 saturated heterocycles. The molecule has 13 heavy (non-hydrogen) atoms. The normalized spacial score (nSPS) is 9.85. The summed E-state index contributed by atoms with van der Waals surface area (Å²) in [4.78, 5) is 20.8. The summed E-state index contributed by atoms with van der Waals surface area (Å²) in [7, 11) is 0. The number of nitrogens with two attached hydrogens (primary N) is 1. The van der Waals surface area contributed by atoms with E-state index in [0.29, 0.717) is 6.54 Å². The minimum absolute atomic E-state index is 0.101. The fourth-order valence-electron chi connectivity index (χ4n) is 0.821. The number of carbonyl (C=O) groups is 2. The monoisotopic (exact) mass is 183 g/mol. The minimum Gasteiger partial charge on any atom is -0.478 e. The molecule has 0 aliphatic heterocycles. The first-order chi connectivity index (χ1) is 6.09. The van der Waals surface area contributed by atoms with Crippen molar-refractivity contribution in [1.29, 1.82) is 0 Å². The van der Waals surface area contributed by atoms with Gasteiger partial charge in [-0.3, -0.25) is 9.48 Å². The number of aryl methyl sites for hydroxylation is 1. The van der Waals surface area contributed by atoms with Gasteiger partial charge in [0, 0.05) is 19.2 Å². The Morgan fingerprint density at radius 2 is 2.31 bits per heavy atom. The van der Waals surface area contributed by atoms with E-state index in [1.165, 1.54) is 17.1 Å². The predicted octanol–water partition coefficient (Wildman–Crippen LogP) is -0.543. The first-order valence-electron chi connectivity index (χ1n) is 3.63. The summed E-state index contributed by atoms with van der Waals surface area (Å²) in [5.41, 5.74) is 5.01. The largest absolute Gasteiger partial charge is 0.478 e. The molecule has 1 rings (SSSR count). The van der Waals surface area contributed by atoms with Gasteiger partial charge in [-0.15, -0.1) is 0 Å². The lowest BCUT2D eigenvalue weighted by Crippen LogP contribution is -2.14. The standard InChI is InChI=1S/C7H9N3O3/c8-6(11)1-2-10-4-5(3-9-10)7(12)13/h3-4H,1-2H2,(H2,8,11)(H,12,13). The van der Waals surface area contributed by atoms with Crippen LogP contribution in [0.25, 0.3) is 0 Å². The molecule has 0 radical (unpaired) electrons. The van der Waals surface area contributed by atoms with Gasteiger partial charge in [0.25, 0.3) is 0 Å². The number of hydrogen-bond acceptors (Lipinski definition) is 3. The smallest absolute Gasteiger partial charge is 0.338 e. The van der Waals surface area contributed by atoms with E-state index in [1.807, 2.05) is 0 Å². The van der Waals surface area contributed by atoms with Crippen LogP contribution in [0.3, 0.4) is 0 Å². The molecule has 0 aromatic carbocycles. The Balaban J connectivity index is 2.59. The number of rotatable bonds is 4. The number of aromatic carboxylic acids is 1. The van der Waals surface area contributed by atoms with Crippen LogP contribution in [0.5, 0.6) is 0 Å². The zero-order chi connectivity index (χ0) is 9.84. The molecule has 3 N–H and O–H groups in total. The molecule has 0 fully saturated rings. The third-order valence-corrected chi connectivity index (χ3v) is 1.47. The molecule has 0 unspecified atom stereocenters. The van der Waals surface area contributed by atoms with Crippen molar-refractivity contribution in [3.8, 4) is 0 Å². The van der Waals surface area contributed by atoms with Crippen LogP contribution in [0.2, 0.25) is 0 Å². The quantitative estimate of drug-likeness (QED) is 0.654. The summed E-state index contributed by atoms with van der Waals surface area (Å²) in [5, 5.41) is 12.3. The van der Waals surface area contributed by atoms with Gasteiger partial charge in [0.1, 0.15) is 0 Å². The average molecular weight is 183 g/mol. The van der Waals surface area contributed by atoms with E-state index in [2.05, 4.69) is 5.10 Å². The molecular weight excluding hydrogens is 174 g/mol. The predicted molar refractivity (Wildman–Crippen MR) is 43.0 cm³/mol. The van der Waals surface area contributed by atoms with E-state index in [1.54, 1.807) is 0 Å². The van der Waals surface area contributed by atoms with Gasteiger partial charge in [-0.1, -0.05) is 0 Å². The van der Waals surface area contributed by atoms with Crippen LogP contribution in [-0.2, 0) is 11.3 Å². The average Bonchev–Trinajstić information content (AvgIpc) is 2.48. The lowest BCUT2D eigenvalue weighted by molar-refractivity contribution is -0.118. The summed E-state index contributed by atoms with van der Waals surface area (Å²) >= 11 is 0. The van der Waals surface area contributed by atoms with E-state index in [0.717, 1.165) is 0 Å². The van der Waals surface area contributed by atoms with Crippen LogP contribution in [0.1, 0.15) is 16.8 Å². The molecule has 0 saturated carbocycles. The summed E-state index contributed by atoms with van der Waals surface area (Å²) in [6.45, 7) is 0.308. The van der Waals surface area contributed by atoms with Gasteiger partial charge in [0.2, 0.25) is 5.91 Å². The highest BCUT2D eigenvalue weighted by Crippen LogP contribution is 1.97. The summed E-state index contributed by atoms with van der Waals surface area (Å²) in [6.07, 6.45) is 2.73. The molecule has 70 valence electrons. The second-order valence-corrected chi connectivity index (χ2v) is 2.51. The van der Waals surface area contributed by atoms with Crippen LogP contribution in [0, 0.1) is 0 Å². The molecular formula is C7H9N3O3. The first kappa shape index (κ1) is 9.24. The third kappa shape index (κ3) is 2.58. The third-order valence-electron chi connectivity index (χ3n) is 1.47. The van der Waals surface area contributed by atoms with Gasteiger partial charge in [0.15, 0.2) is 0 Å². The van der Waals surface area contributed by atoms with Gasteiger partial charge >= 0.3 is 5.97 Å². The molecule has 6 nitrogen and oxygen atoms in total. The Kier molecular flexibility index (Phi) is 2.63. The number of aromatic nitrogens is 2. The van der Waals surface area contributed by atoms with E-state index in [4.69, 9.17) is 10.8 Å². The number of carboxylic acid groups (broad SMARTS) is 1. The molecule has 0 spiro atoms. The van der Waals surface area contributed by atoms with Crippen molar-refractivity contribution >= 4 is 11.9 Å².